The molecule has 3 rings (SSSR count). The number of nitrogens with zero attached hydrogens (tertiary/aromatic N) is 2. The van der Waals surface area contributed by atoms with Gasteiger partial charge >= 0.3 is 0 Å². The Bertz CT molecular complexity index is 683. The zero-order chi connectivity index (χ0) is 12.5. The molecule has 0 bridgehead atoms. The third-order valence-electron chi connectivity index (χ3n) is 3.04. The van der Waals surface area contributed by atoms with Crippen LogP contribution in [0.25, 0.3) is 10.9 Å². The van der Waals surface area contributed by atoms with E-state index in [9.17, 15) is 0 Å². The first-order valence-electron chi connectivity index (χ1n) is 5.87. The maximum Gasteiger partial charge on any atom is 0.0944 e. The van der Waals surface area contributed by atoms with Crippen LogP contribution in [-0.4, -0.2) is 15.2 Å². The molecule has 18 heavy (non-hydrogen) atoms. The van der Waals surface area contributed by atoms with Crippen molar-refractivity contribution in [2.45, 2.75) is 13.3 Å². The highest BCUT2D eigenvalue weighted by Crippen LogP contribution is 2.24. The first kappa shape index (κ1) is 10.8. The van der Waals surface area contributed by atoms with Crippen molar-refractivity contribution in [3.63, 3.8) is 0 Å². The molecular weight excluding hydrogens is 224 g/mol. The van der Waals surface area contributed by atoms with Crippen molar-refractivity contribution >= 4 is 16.6 Å². The molecule has 3 N–H and O–H groups in total. The van der Waals surface area contributed by atoms with Crippen LogP contribution in [0.4, 0.5) is 5.69 Å². The summed E-state index contributed by atoms with van der Waals surface area (Å²) < 4.78 is 0. The molecule has 0 saturated heterocycles. The van der Waals surface area contributed by atoms with Gasteiger partial charge < -0.3 is 5.73 Å². The van der Waals surface area contributed by atoms with Gasteiger partial charge in [0.15, 0.2) is 0 Å². The quantitative estimate of drug-likeness (QED) is 0.674. The van der Waals surface area contributed by atoms with Crippen LogP contribution in [0.15, 0.2) is 36.5 Å². The molecular formula is C14H14N4. The summed E-state index contributed by atoms with van der Waals surface area (Å²) in [5.74, 6) is 0. The van der Waals surface area contributed by atoms with Crippen LogP contribution in [0.3, 0.4) is 0 Å². The van der Waals surface area contributed by atoms with Crippen LogP contribution in [0.1, 0.15) is 17.0 Å². The molecule has 0 radical (unpaired) electrons. The van der Waals surface area contributed by atoms with E-state index in [4.69, 9.17) is 5.73 Å². The summed E-state index contributed by atoms with van der Waals surface area (Å²) in [7, 11) is 0. The van der Waals surface area contributed by atoms with E-state index in [2.05, 4.69) is 21.2 Å². The molecule has 0 aliphatic heterocycles. The fraction of sp³-hybridized carbons (Fsp3) is 0.143. The number of H-pyrrole nitrogens is 1. The van der Waals surface area contributed by atoms with E-state index in [1.54, 1.807) is 0 Å². The Morgan fingerprint density at radius 2 is 2.11 bits per heavy atom. The highest BCUT2D eigenvalue weighted by molar-refractivity contribution is 5.92. The van der Waals surface area contributed by atoms with Gasteiger partial charge in [-0.2, -0.15) is 5.10 Å². The summed E-state index contributed by atoms with van der Waals surface area (Å²) in [5.41, 5.74) is 10.9. The average molecular weight is 238 g/mol. The lowest BCUT2D eigenvalue weighted by Gasteiger charge is -2.02. The molecule has 3 aromatic rings. The number of aromatic nitrogens is 3. The number of hydrogen-bond donors (Lipinski definition) is 2. The fourth-order valence-electron chi connectivity index (χ4n) is 2.10. The van der Waals surface area contributed by atoms with Gasteiger partial charge in [0.25, 0.3) is 0 Å². The van der Waals surface area contributed by atoms with E-state index >= 15 is 0 Å². The second-order valence-corrected chi connectivity index (χ2v) is 4.43. The predicted octanol–water partition coefficient (Wildman–Crippen LogP) is 2.44. The van der Waals surface area contributed by atoms with E-state index < -0.39 is 0 Å². The maximum absolute atomic E-state index is 6.00. The minimum absolute atomic E-state index is 0.760. The molecule has 0 fully saturated rings. The van der Waals surface area contributed by atoms with E-state index in [0.29, 0.717) is 0 Å². The Balaban J connectivity index is 2.02. The summed E-state index contributed by atoms with van der Waals surface area (Å²) in [6, 6.07) is 9.86. The van der Waals surface area contributed by atoms with Crippen LogP contribution in [0, 0.1) is 6.92 Å². The first-order valence-corrected chi connectivity index (χ1v) is 5.87. The summed E-state index contributed by atoms with van der Waals surface area (Å²) >= 11 is 0. The van der Waals surface area contributed by atoms with Gasteiger partial charge in [0, 0.05) is 35.1 Å². The minimum atomic E-state index is 0.760. The average Bonchev–Trinajstić information content (AvgIpc) is 2.77. The summed E-state index contributed by atoms with van der Waals surface area (Å²) in [6.07, 6.45) is 2.65. The van der Waals surface area contributed by atoms with Crippen LogP contribution in [-0.2, 0) is 6.42 Å². The molecule has 90 valence electrons. The molecule has 0 aliphatic carbocycles. The Morgan fingerprint density at radius 1 is 1.22 bits per heavy atom. The molecule has 0 amide bonds. The molecule has 2 aromatic heterocycles. The maximum atomic E-state index is 6.00. The van der Waals surface area contributed by atoms with Gasteiger partial charge in [0.1, 0.15) is 0 Å². The molecule has 4 nitrogen and oxygen atoms in total. The third-order valence-corrected chi connectivity index (χ3v) is 3.04. The Morgan fingerprint density at radius 3 is 2.89 bits per heavy atom. The third kappa shape index (κ3) is 1.82. The summed E-state index contributed by atoms with van der Waals surface area (Å²) in [6.45, 7) is 1.98. The van der Waals surface area contributed by atoms with Gasteiger partial charge in [0.2, 0.25) is 0 Å². The number of nitrogens with one attached hydrogen (secondary N) is 1. The number of aryl methyl sites for hydroxylation is 1. The molecule has 0 aliphatic rings. The van der Waals surface area contributed by atoms with Gasteiger partial charge in [-0.25, -0.2) is 0 Å². The zero-order valence-electron chi connectivity index (χ0n) is 10.1. The van der Waals surface area contributed by atoms with Gasteiger partial charge in [-0.3, -0.25) is 10.1 Å². The second-order valence-electron chi connectivity index (χ2n) is 4.43. The number of anilines is 1. The molecule has 0 atom stereocenters. The van der Waals surface area contributed by atoms with Gasteiger partial charge in [-0.05, 0) is 30.7 Å². The highest BCUT2D eigenvalue weighted by Gasteiger charge is 2.08. The standard InChI is InChI=1S/C14H14N4/c1-9-5-6-10(8-16-9)7-13-14-11(15)3-2-4-12(14)17-18-13/h2-6,8H,7,15H2,1H3,(H,17,18). The monoisotopic (exact) mass is 238 g/mol. The topological polar surface area (TPSA) is 67.6 Å². The minimum Gasteiger partial charge on any atom is -0.398 e. The number of nitrogen functional groups attached to an aromatic ring is 1. The fourth-order valence-corrected chi connectivity index (χ4v) is 2.10. The molecule has 0 saturated carbocycles. The number of benzene rings is 1. The molecule has 0 spiro atoms. The van der Waals surface area contributed by atoms with Crippen LogP contribution in [0.2, 0.25) is 0 Å². The number of hydrogen-bond acceptors (Lipinski definition) is 3. The van der Waals surface area contributed by atoms with Crippen molar-refractivity contribution in [1.82, 2.24) is 15.2 Å². The van der Waals surface area contributed by atoms with Crippen LogP contribution < -0.4 is 5.73 Å². The van der Waals surface area contributed by atoms with Crippen molar-refractivity contribution in [1.29, 1.82) is 0 Å². The van der Waals surface area contributed by atoms with E-state index in [1.807, 2.05) is 37.4 Å². The number of nitrogens with two attached hydrogens (primary N) is 1. The first-order chi connectivity index (χ1) is 8.74. The van der Waals surface area contributed by atoms with Crippen molar-refractivity contribution in [2.24, 2.45) is 0 Å². The van der Waals surface area contributed by atoms with Crippen molar-refractivity contribution < 1.29 is 0 Å². The largest absolute Gasteiger partial charge is 0.398 e. The zero-order valence-corrected chi connectivity index (χ0v) is 10.1. The number of pyridine rings is 1. The summed E-state index contributed by atoms with van der Waals surface area (Å²) in [4.78, 5) is 4.30. The van der Waals surface area contributed by atoms with Crippen molar-refractivity contribution in [3.8, 4) is 0 Å². The number of fused-ring (bicyclic) bond motifs is 1. The molecule has 4 heteroatoms. The predicted molar refractivity (Wildman–Crippen MR) is 72.3 cm³/mol. The van der Waals surface area contributed by atoms with E-state index in [0.717, 1.165) is 40.0 Å². The summed E-state index contributed by atoms with van der Waals surface area (Å²) in [5, 5.41) is 8.34. The molecule has 2 heterocycles. The lowest BCUT2D eigenvalue weighted by molar-refractivity contribution is 1.00. The molecule has 1 aromatic carbocycles. The smallest absolute Gasteiger partial charge is 0.0944 e. The Labute approximate surface area is 105 Å². The number of rotatable bonds is 2. The highest BCUT2D eigenvalue weighted by atomic mass is 15.1. The van der Waals surface area contributed by atoms with Gasteiger partial charge in [-0.15, -0.1) is 0 Å². The lowest BCUT2D eigenvalue weighted by Crippen LogP contribution is -1.93. The van der Waals surface area contributed by atoms with Crippen molar-refractivity contribution in [2.75, 3.05) is 5.73 Å². The van der Waals surface area contributed by atoms with E-state index in [-0.39, 0.29) is 0 Å². The number of aromatic amines is 1. The Hall–Kier alpha value is -2.36. The normalized spacial score (nSPS) is 10.9. The SMILES string of the molecule is Cc1ccc(Cc2[nH]nc3cccc(N)c23)cn1. The van der Waals surface area contributed by atoms with Gasteiger partial charge in [-0.1, -0.05) is 12.1 Å². The Kier molecular flexibility index (Phi) is 2.48. The molecule has 0 unspecified atom stereocenters. The van der Waals surface area contributed by atoms with Gasteiger partial charge in [0.05, 0.1) is 5.52 Å². The van der Waals surface area contributed by atoms with Crippen molar-refractivity contribution in [3.05, 3.63) is 53.5 Å². The van der Waals surface area contributed by atoms with Crippen LogP contribution in [0.5, 0.6) is 0 Å². The lowest BCUT2D eigenvalue weighted by atomic mass is 10.1. The van der Waals surface area contributed by atoms with Crippen LogP contribution >= 0.6 is 0 Å². The second kappa shape index (κ2) is 4.14. The van der Waals surface area contributed by atoms with E-state index in [1.165, 1.54) is 0 Å².